The van der Waals surface area contributed by atoms with E-state index >= 15 is 0 Å². The first kappa shape index (κ1) is 23.8. The minimum atomic E-state index is -0.518. The number of ketones is 2. The molecule has 0 spiro atoms. The maximum absolute atomic E-state index is 13.2. The van der Waals surface area contributed by atoms with Crippen LogP contribution in [0.15, 0.2) is 64.5 Å². The molecule has 1 fully saturated rings. The predicted octanol–water partition coefficient (Wildman–Crippen LogP) is 5.67. The number of allylic oxidation sites excluding steroid dienone is 4. The van der Waals surface area contributed by atoms with Crippen LogP contribution < -0.4 is 0 Å². The summed E-state index contributed by atoms with van der Waals surface area (Å²) in [5.41, 5.74) is -0.143. The first-order valence-electron chi connectivity index (χ1n) is 12.0. The summed E-state index contributed by atoms with van der Waals surface area (Å²) < 4.78 is 9.91. The number of fused-ring (bicyclic) bond motifs is 2. The molecule has 36 heavy (non-hydrogen) atoms. The van der Waals surface area contributed by atoms with Crippen molar-refractivity contribution in [1.82, 2.24) is 10.3 Å². The molecule has 0 radical (unpaired) electrons. The zero-order valence-electron chi connectivity index (χ0n) is 19.9. The lowest BCUT2D eigenvalue weighted by molar-refractivity contribution is -0.122. The monoisotopic (exact) mass is 494 g/mol. The van der Waals surface area contributed by atoms with Crippen LogP contribution in [-0.2, 0) is 9.59 Å². The Kier molecular flexibility index (Phi) is 6.33. The number of Topliss-reactive ketones (excluding diaryl/α,β-unsaturated/α-hetero) is 2. The highest BCUT2D eigenvalue weighted by Gasteiger charge is 2.47. The molecule has 0 bridgehead atoms. The van der Waals surface area contributed by atoms with Crippen molar-refractivity contribution in [2.75, 3.05) is 0 Å². The summed E-state index contributed by atoms with van der Waals surface area (Å²) in [6.07, 6.45) is 3.35. The van der Waals surface area contributed by atoms with Gasteiger partial charge in [0.25, 0.3) is 0 Å². The van der Waals surface area contributed by atoms with Crippen LogP contribution in [0.1, 0.15) is 50.0 Å². The van der Waals surface area contributed by atoms with Gasteiger partial charge >= 0.3 is 0 Å². The molecule has 0 saturated heterocycles. The number of aromatic nitrogens is 2. The molecule has 12 nitrogen and oxygen atoms in total. The van der Waals surface area contributed by atoms with Gasteiger partial charge in [-0.2, -0.15) is 0 Å². The van der Waals surface area contributed by atoms with Crippen molar-refractivity contribution in [3.8, 4) is 0 Å². The third kappa shape index (κ3) is 4.38. The first-order chi connectivity index (χ1) is 17.3. The van der Waals surface area contributed by atoms with Crippen molar-refractivity contribution in [2.24, 2.45) is 44.1 Å². The molecule has 3 aliphatic rings. The van der Waals surface area contributed by atoms with Crippen molar-refractivity contribution in [3.05, 3.63) is 46.6 Å². The van der Waals surface area contributed by atoms with Crippen LogP contribution in [0, 0.1) is 37.5 Å². The Labute approximate surface area is 205 Å². The summed E-state index contributed by atoms with van der Waals surface area (Å²) in [4.78, 5) is 26.4. The molecule has 12 heteroatoms. The van der Waals surface area contributed by atoms with Gasteiger partial charge in [0.1, 0.15) is 23.0 Å². The number of azo groups is 2. The molecule has 188 valence electrons. The number of nitrogens with zero attached hydrogens (tertiary/aromatic N) is 6. The van der Waals surface area contributed by atoms with E-state index in [1.165, 1.54) is 0 Å². The Balaban J connectivity index is 1.33. The quantitative estimate of drug-likeness (QED) is 0.511. The molecule has 4 unspecified atom stereocenters. The Hall–Kier alpha value is -3.96. The second kappa shape index (κ2) is 9.59. The molecule has 0 aliphatic heterocycles. The van der Waals surface area contributed by atoms with Gasteiger partial charge in [-0.25, -0.2) is 0 Å². The normalized spacial score (nSPS) is 27.5. The molecular weight excluding hydrogens is 468 g/mol. The van der Waals surface area contributed by atoms with E-state index in [9.17, 15) is 19.8 Å². The molecule has 1 saturated carbocycles. The van der Waals surface area contributed by atoms with E-state index in [2.05, 4.69) is 30.8 Å². The number of aliphatic hydroxyl groups is 2. The van der Waals surface area contributed by atoms with Crippen LogP contribution in [0.25, 0.3) is 0 Å². The molecule has 2 aromatic rings. The average Bonchev–Trinajstić information content (AvgIpc) is 3.57. The van der Waals surface area contributed by atoms with Crippen molar-refractivity contribution in [1.29, 1.82) is 0 Å². The number of hydrogen-bond acceptors (Lipinski definition) is 12. The minimum Gasteiger partial charge on any atom is -0.510 e. The lowest BCUT2D eigenvalue weighted by atomic mass is 9.78. The Bertz CT molecular complexity index is 1220. The molecule has 2 N–H and O–H groups in total. The van der Waals surface area contributed by atoms with Gasteiger partial charge in [-0.3, -0.25) is 9.59 Å². The summed E-state index contributed by atoms with van der Waals surface area (Å²) in [5.74, 6) is -1.01. The summed E-state index contributed by atoms with van der Waals surface area (Å²) >= 11 is 0. The average molecular weight is 495 g/mol. The third-order valence-corrected chi connectivity index (χ3v) is 7.10. The Morgan fingerprint density at radius 1 is 0.694 bits per heavy atom. The molecule has 0 aromatic carbocycles. The van der Waals surface area contributed by atoms with E-state index in [0.717, 1.165) is 0 Å². The Morgan fingerprint density at radius 3 is 1.47 bits per heavy atom. The number of rotatable bonds is 4. The summed E-state index contributed by atoms with van der Waals surface area (Å²) in [7, 11) is 0. The van der Waals surface area contributed by atoms with E-state index in [-0.39, 0.29) is 58.0 Å². The zero-order valence-corrected chi connectivity index (χ0v) is 19.9. The number of aryl methyl sites for hydroxylation is 2. The van der Waals surface area contributed by atoms with E-state index in [1.54, 1.807) is 26.0 Å². The molecular formula is C24H26N6O6. The highest BCUT2D eigenvalue weighted by molar-refractivity contribution is 6.01. The maximum atomic E-state index is 13.2. The maximum Gasteiger partial charge on any atom is 0.216 e. The standard InChI is InChI=1S/C24H26N6O6/c1-11-9-17(29-35-11)25-27-19-21(31)13-5-3-4-6-14-16(8-7-15(13)23(19)33)24(34)20(22(14)32)28-26-18-10-12(2)36-30-18/h9-10,13-16,31-32H,3-8H2,1-2H3. The molecule has 3 aliphatic carbocycles. The van der Waals surface area contributed by atoms with Crippen molar-refractivity contribution >= 4 is 23.2 Å². The number of carbonyl (C=O) groups is 2. The van der Waals surface area contributed by atoms with Gasteiger partial charge < -0.3 is 19.3 Å². The number of hydrogen-bond donors (Lipinski definition) is 2. The molecule has 2 aromatic heterocycles. The van der Waals surface area contributed by atoms with Crippen LogP contribution in [0.4, 0.5) is 11.6 Å². The summed E-state index contributed by atoms with van der Waals surface area (Å²) in [6.45, 7) is 3.42. The smallest absolute Gasteiger partial charge is 0.216 e. The van der Waals surface area contributed by atoms with Crippen LogP contribution in [0.3, 0.4) is 0 Å². The molecule has 5 rings (SSSR count). The highest BCUT2D eigenvalue weighted by Crippen LogP contribution is 2.46. The van der Waals surface area contributed by atoms with Gasteiger partial charge in [-0.1, -0.05) is 23.2 Å². The van der Waals surface area contributed by atoms with Crippen molar-refractivity contribution in [2.45, 2.75) is 52.4 Å². The largest absolute Gasteiger partial charge is 0.510 e. The molecule has 4 atom stereocenters. The van der Waals surface area contributed by atoms with Gasteiger partial charge in [0, 0.05) is 35.8 Å². The van der Waals surface area contributed by atoms with Crippen LogP contribution in [0.5, 0.6) is 0 Å². The first-order valence-corrected chi connectivity index (χ1v) is 12.0. The van der Waals surface area contributed by atoms with Crippen molar-refractivity contribution in [3.63, 3.8) is 0 Å². The van der Waals surface area contributed by atoms with Crippen LogP contribution >= 0.6 is 0 Å². The van der Waals surface area contributed by atoms with E-state index in [0.29, 0.717) is 50.0 Å². The fraction of sp³-hybridized carbons (Fsp3) is 0.500. The zero-order chi connectivity index (χ0) is 25.4. The highest BCUT2D eigenvalue weighted by atomic mass is 16.5. The fourth-order valence-electron chi connectivity index (χ4n) is 5.33. The Morgan fingerprint density at radius 2 is 1.11 bits per heavy atom. The number of aliphatic hydroxyl groups excluding tert-OH is 2. The van der Waals surface area contributed by atoms with Gasteiger partial charge in [0.2, 0.25) is 11.6 Å². The van der Waals surface area contributed by atoms with E-state index in [1.807, 2.05) is 0 Å². The van der Waals surface area contributed by atoms with E-state index < -0.39 is 11.8 Å². The lowest BCUT2D eigenvalue weighted by Crippen LogP contribution is -2.25. The van der Waals surface area contributed by atoms with Crippen LogP contribution in [0.2, 0.25) is 0 Å². The minimum absolute atomic E-state index is 0.0674. The summed E-state index contributed by atoms with van der Waals surface area (Å²) in [5, 5.41) is 44.9. The predicted molar refractivity (Wildman–Crippen MR) is 122 cm³/mol. The van der Waals surface area contributed by atoms with Gasteiger partial charge in [0.15, 0.2) is 23.0 Å². The fourth-order valence-corrected chi connectivity index (χ4v) is 5.33. The second-order valence-corrected chi connectivity index (χ2v) is 9.48. The third-order valence-electron chi connectivity index (χ3n) is 7.10. The second-order valence-electron chi connectivity index (χ2n) is 9.48. The molecule has 0 amide bonds. The topological polar surface area (TPSA) is 176 Å². The SMILES string of the molecule is Cc1cc(N=NC2=C(O)C3CCCCC4C(O)=C(N=Nc5cc(C)on5)C(=O)C4CCC3C2=O)no1. The summed E-state index contributed by atoms with van der Waals surface area (Å²) in [6, 6.07) is 3.14. The van der Waals surface area contributed by atoms with Gasteiger partial charge in [-0.15, -0.1) is 20.5 Å². The number of carbonyl (C=O) groups excluding carboxylic acids is 2. The lowest BCUT2D eigenvalue weighted by Gasteiger charge is -2.25. The van der Waals surface area contributed by atoms with Crippen molar-refractivity contribution < 1.29 is 28.8 Å². The van der Waals surface area contributed by atoms with E-state index in [4.69, 9.17) is 9.05 Å². The van der Waals surface area contributed by atoms with Crippen LogP contribution in [-0.4, -0.2) is 32.1 Å². The van der Waals surface area contributed by atoms with Gasteiger partial charge in [0.05, 0.1) is 0 Å². The molecule has 2 heterocycles. The van der Waals surface area contributed by atoms with Gasteiger partial charge in [-0.05, 0) is 39.5 Å².